The first kappa shape index (κ1) is 19.0. The average Bonchev–Trinajstić information content (AvgIpc) is 3.17. The average molecular weight is 406 g/mol. The van der Waals surface area contributed by atoms with Crippen LogP contribution in [0.25, 0.3) is 11.5 Å². The highest BCUT2D eigenvalue weighted by Crippen LogP contribution is 2.35. The molecule has 1 N–H and O–H groups in total. The van der Waals surface area contributed by atoms with Crippen molar-refractivity contribution < 1.29 is 0 Å². The van der Waals surface area contributed by atoms with Crippen molar-refractivity contribution in [2.75, 3.05) is 5.32 Å². The molecule has 1 aliphatic rings. The highest BCUT2D eigenvalue weighted by atomic mass is 15.3. The number of aromatic nitrogens is 3. The van der Waals surface area contributed by atoms with E-state index in [1.165, 1.54) is 11.3 Å². The van der Waals surface area contributed by atoms with Gasteiger partial charge in [-0.25, -0.2) is 9.67 Å². The summed E-state index contributed by atoms with van der Waals surface area (Å²) in [5, 5.41) is 8.49. The molecule has 4 aromatic rings. The van der Waals surface area contributed by atoms with Gasteiger partial charge < -0.3 is 5.32 Å². The third-order valence-electron chi connectivity index (χ3n) is 5.39. The Balaban J connectivity index is 1.62. The van der Waals surface area contributed by atoms with Crippen molar-refractivity contribution in [3.05, 3.63) is 108 Å². The number of benzene rings is 2. The molecule has 0 saturated carbocycles. The van der Waals surface area contributed by atoms with Crippen LogP contribution in [0.1, 0.15) is 23.4 Å². The number of rotatable bonds is 5. The third-order valence-corrected chi connectivity index (χ3v) is 5.39. The van der Waals surface area contributed by atoms with Crippen molar-refractivity contribution in [3.63, 3.8) is 0 Å². The number of aliphatic imine (C=N–C) groups is 1. The van der Waals surface area contributed by atoms with Gasteiger partial charge in [0.15, 0.2) is 5.82 Å². The predicted octanol–water partition coefficient (Wildman–Crippen LogP) is 5.75. The third kappa shape index (κ3) is 3.90. The van der Waals surface area contributed by atoms with Crippen LogP contribution in [0.5, 0.6) is 0 Å². The van der Waals surface area contributed by atoms with E-state index in [-0.39, 0.29) is 0 Å². The molecule has 0 unspecified atom stereocenters. The quantitative estimate of drug-likeness (QED) is 0.430. The number of allylic oxidation sites excluding steroid dienone is 1. The molecule has 5 nitrogen and oxygen atoms in total. The van der Waals surface area contributed by atoms with E-state index >= 15 is 0 Å². The molecule has 0 amide bonds. The molecule has 0 fully saturated rings. The minimum Gasteiger partial charge on any atom is -0.355 e. The van der Waals surface area contributed by atoms with Crippen molar-refractivity contribution >= 4 is 23.3 Å². The number of fused-ring (bicyclic) bond motifs is 1. The molecule has 2 aromatic carbocycles. The minimum atomic E-state index is 0.840. The van der Waals surface area contributed by atoms with Crippen LogP contribution in [0.3, 0.4) is 0 Å². The van der Waals surface area contributed by atoms with Crippen molar-refractivity contribution in [1.82, 2.24) is 14.8 Å². The van der Waals surface area contributed by atoms with E-state index in [4.69, 9.17) is 10.1 Å². The summed E-state index contributed by atoms with van der Waals surface area (Å²) in [6.45, 7) is 2.06. The second-order valence-corrected chi connectivity index (χ2v) is 7.49. The van der Waals surface area contributed by atoms with Gasteiger partial charge in [-0.05, 0) is 61.7 Å². The first-order valence-corrected chi connectivity index (χ1v) is 10.4. The Labute approximate surface area is 181 Å². The zero-order chi connectivity index (χ0) is 21.0. The number of anilines is 1. The van der Waals surface area contributed by atoms with E-state index in [2.05, 4.69) is 29.4 Å². The maximum Gasteiger partial charge on any atom is 0.153 e. The molecule has 2 aromatic heterocycles. The van der Waals surface area contributed by atoms with Gasteiger partial charge in [-0.2, -0.15) is 5.10 Å². The summed E-state index contributed by atoms with van der Waals surface area (Å²) in [7, 11) is 0. The van der Waals surface area contributed by atoms with Crippen molar-refractivity contribution in [3.8, 4) is 5.82 Å². The zero-order valence-corrected chi connectivity index (χ0v) is 17.4. The monoisotopic (exact) mass is 405 g/mol. The van der Waals surface area contributed by atoms with Gasteiger partial charge in [-0.3, -0.25) is 4.99 Å². The summed E-state index contributed by atoms with van der Waals surface area (Å²) in [5.74, 6) is 0.840. The van der Waals surface area contributed by atoms with Gasteiger partial charge in [-0.1, -0.05) is 42.5 Å². The number of hydrogen-bond donors (Lipinski definition) is 1. The molecular weight excluding hydrogens is 382 g/mol. The molecular formula is C26H23N5. The molecule has 0 spiro atoms. The Kier molecular flexibility index (Phi) is 5.15. The van der Waals surface area contributed by atoms with Crippen LogP contribution < -0.4 is 5.32 Å². The molecule has 0 bridgehead atoms. The smallest absolute Gasteiger partial charge is 0.153 e. The second-order valence-electron chi connectivity index (χ2n) is 7.49. The largest absolute Gasteiger partial charge is 0.355 e. The van der Waals surface area contributed by atoms with Gasteiger partial charge in [-0.15, -0.1) is 0 Å². The number of pyridine rings is 1. The van der Waals surface area contributed by atoms with Crippen LogP contribution in [0, 0.1) is 6.92 Å². The lowest BCUT2D eigenvalue weighted by atomic mass is 9.92. The summed E-state index contributed by atoms with van der Waals surface area (Å²) >= 11 is 0. The molecule has 5 heteroatoms. The fourth-order valence-corrected chi connectivity index (χ4v) is 3.94. The molecule has 0 radical (unpaired) electrons. The van der Waals surface area contributed by atoms with E-state index in [0.717, 1.165) is 47.0 Å². The van der Waals surface area contributed by atoms with E-state index < -0.39 is 0 Å². The summed E-state index contributed by atoms with van der Waals surface area (Å²) < 4.78 is 1.97. The number of nitrogens with zero attached hydrogens (tertiary/aromatic N) is 4. The van der Waals surface area contributed by atoms with Crippen LogP contribution in [-0.2, 0) is 6.42 Å². The van der Waals surface area contributed by atoms with Gasteiger partial charge in [0.1, 0.15) is 0 Å². The summed E-state index contributed by atoms with van der Waals surface area (Å²) in [4.78, 5) is 9.24. The maximum absolute atomic E-state index is 4.84. The van der Waals surface area contributed by atoms with Crippen LogP contribution in [0.4, 0.5) is 11.4 Å². The van der Waals surface area contributed by atoms with Crippen LogP contribution in [0.15, 0.2) is 95.6 Å². The zero-order valence-electron chi connectivity index (χ0n) is 17.4. The van der Waals surface area contributed by atoms with E-state index in [1.54, 1.807) is 6.20 Å². The lowest BCUT2D eigenvalue weighted by Crippen LogP contribution is -2.14. The second kappa shape index (κ2) is 8.40. The maximum atomic E-state index is 4.84. The van der Waals surface area contributed by atoms with Crippen LogP contribution in [0.2, 0.25) is 0 Å². The highest BCUT2D eigenvalue weighted by Gasteiger charge is 2.26. The fourth-order valence-electron chi connectivity index (χ4n) is 3.94. The van der Waals surface area contributed by atoms with Crippen molar-refractivity contribution in [2.45, 2.75) is 19.8 Å². The Morgan fingerprint density at radius 2 is 1.65 bits per heavy atom. The van der Waals surface area contributed by atoms with E-state index in [1.807, 2.05) is 77.6 Å². The molecule has 0 saturated heterocycles. The van der Waals surface area contributed by atoms with Crippen LogP contribution >= 0.6 is 0 Å². The SMILES string of the molecule is Cc1nn(-c2ccccn2)c2c1C(Nc1ccccc1)=C(C=Nc1ccccc1)CC2. The topological polar surface area (TPSA) is 55.1 Å². The van der Waals surface area contributed by atoms with Gasteiger partial charge in [0.25, 0.3) is 0 Å². The minimum absolute atomic E-state index is 0.840. The predicted molar refractivity (Wildman–Crippen MR) is 126 cm³/mol. The lowest BCUT2D eigenvalue weighted by molar-refractivity contribution is 0.759. The summed E-state index contributed by atoms with van der Waals surface area (Å²) in [6.07, 6.45) is 5.54. The number of hydrogen-bond acceptors (Lipinski definition) is 4. The Bertz CT molecular complexity index is 1240. The fraction of sp³-hybridized carbons (Fsp3) is 0.115. The van der Waals surface area contributed by atoms with Gasteiger partial charge in [0.2, 0.25) is 0 Å². The van der Waals surface area contributed by atoms with Crippen molar-refractivity contribution in [1.29, 1.82) is 0 Å². The van der Waals surface area contributed by atoms with Gasteiger partial charge >= 0.3 is 0 Å². The van der Waals surface area contributed by atoms with Crippen molar-refractivity contribution in [2.24, 2.45) is 4.99 Å². The number of para-hydroxylation sites is 2. The highest BCUT2D eigenvalue weighted by molar-refractivity contribution is 5.97. The molecule has 0 aliphatic heterocycles. The summed E-state index contributed by atoms with van der Waals surface area (Å²) in [6, 6.07) is 26.2. The Morgan fingerprint density at radius 3 is 2.39 bits per heavy atom. The molecule has 31 heavy (non-hydrogen) atoms. The molecule has 152 valence electrons. The van der Waals surface area contributed by atoms with Gasteiger partial charge in [0.05, 0.1) is 22.8 Å². The number of nitrogens with one attached hydrogen (secondary N) is 1. The molecule has 0 atom stereocenters. The Hall–Kier alpha value is -3.99. The van der Waals surface area contributed by atoms with Gasteiger partial charge in [0, 0.05) is 23.7 Å². The molecule has 5 rings (SSSR count). The first-order chi connectivity index (χ1) is 15.3. The standard InChI is InChI=1S/C26H23N5/c1-19-25-23(31(30-19)24-14-8-9-17-27-24)16-15-20(18-28-21-10-4-2-5-11-21)26(25)29-22-12-6-3-7-13-22/h2-14,17-18,29H,15-16H2,1H3. The number of aryl methyl sites for hydroxylation is 1. The van der Waals surface area contributed by atoms with E-state index in [0.29, 0.717) is 0 Å². The first-order valence-electron chi connectivity index (χ1n) is 10.4. The molecule has 1 aliphatic carbocycles. The lowest BCUT2D eigenvalue weighted by Gasteiger charge is -2.21. The normalized spacial score (nSPS) is 13.5. The van der Waals surface area contributed by atoms with E-state index in [9.17, 15) is 0 Å². The van der Waals surface area contributed by atoms with Crippen LogP contribution in [-0.4, -0.2) is 21.0 Å². The Morgan fingerprint density at radius 1 is 0.903 bits per heavy atom. The molecule has 2 heterocycles. The summed E-state index contributed by atoms with van der Waals surface area (Å²) in [5.41, 5.74) is 7.50.